The van der Waals surface area contributed by atoms with E-state index in [2.05, 4.69) is 16.7 Å². The highest BCUT2D eigenvalue weighted by molar-refractivity contribution is 6.35. The smallest absolute Gasteiger partial charge is 0.309 e. The van der Waals surface area contributed by atoms with Gasteiger partial charge in [0.05, 0.1) is 0 Å². The highest BCUT2D eigenvalue weighted by Crippen LogP contribution is 2.32. The summed E-state index contributed by atoms with van der Waals surface area (Å²) in [5.74, 6) is 0.143. The number of benzene rings is 1. The average Bonchev–Trinajstić information content (AvgIpc) is 3.08. The Bertz CT molecular complexity index is 654. The third-order valence-electron chi connectivity index (χ3n) is 4.21. The second-order valence-corrected chi connectivity index (χ2v) is 5.98. The van der Waals surface area contributed by atoms with Crippen molar-refractivity contribution in [3.05, 3.63) is 35.4 Å². The molecule has 0 atom stereocenters. The third-order valence-corrected chi connectivity index (χ3v) is 4.21. The Balaban J connectivity index is 1.39. The summed E-state index contributed by atoms with van der Waals surface area (Å²) in [6.45, 7) is 0.986. The number of fused-ring (bicyclic) bond motifs is 1. The van der Waals surface area contributed by atoms with Crippen LogP contribution in [0.25, 0.3) is 0 Å². The fourth-order valence-electron chi connectivity index (χ4n) is 2.86. The molecule has 24 heavy (non-hydrogen) atoms. The van der Waals surface area contributed by atoms with Gasteiger partial charge in [-0.3, -0.25) is 9.59 Å². The zero-order valence-electron chi connectivity index (χ0n) is 13.6. The lowest BCUT2D eigenvalue weighted by Gasteiger charge is -2.12. The molecule has 1 aliphatic carbocycles. The minimum atomic E-state index is -0.620. The molecule has 1 aromatic carbocycles. The highest BCUT2D eigenvalue weighted by atomic mass is 16.7. The predicted molar refractivity (Wildman–Crippen MR) is 88.6 cm³/mol. The van der Waals surface area contributed by atoms with Crippen LogP contribution in [0.5, 0.6) is 11.5 Å². The van der Waals surface area contributed by atoms with Crippen LogP contribution in [-0.2, 0) is 16.1 Å². The zero-order valence-corrected chi connectivity index (χ0v) is 13.6. The Hall–Kier alpha value is -2.50. The van der Waals surface area contributed by atoms with Crippen molar-refractivity contribution in [2.75, 3.05) is 13.3 Å². The maximum absolute atomic E-state index is 11.8. The van der Waals surface area contributed by atoms with E-state index in [0.717, 1.165) is 24.8 Å². The van der Waals surface area contributed by atoms with E-state index in [4.69, 9.17) is 9.47 Å². The molecule has 1 heterocycles. The Labute approximate surface area is 141 Å². The molecule has 1 aromatic rings. The minimum absolute atomic E-state index is 0.212. The molecule has 2 amide bonds. The van der Waals surface area contributed by atoms with E-state index in [9.17, 15) is 9.59 Å². The van der Waals surface area contributed by atoms with E-state index in [-0.39, 0.29) is 13.3 Å². The first-order chi connectivity index (χ1) is 11.7. The zero-order chi connectivity index (χ0) is 16.8. The van der Waals surface area contributed by atoms with Gasteiger partial charge < -0.3 is 20.1 Å². The quantitative estimate of drug-likeness (QED) is 0.640. The standard InChI is InChI=1S/C18H22N2O4/c21-17(19-9-8-13-4-2-1-3-5-13)18(22)20-11-14-6-7-15-16(10-14)24-12-23-15/h4,6-7,10H,1-3,5,8-9,11-12H2,(H,19,21)(H,20,22). The van der Waals surface area contributed by atoms with Gasteiger partial charge in [0.25, 0.3) is 0 Å². The van der Waals surface area contributed by atoms with Crippen LogP contribution in [-0.4, -0.2) is 25.2 Å². The summed E-state index contributed by atoms with van der Waals surface area (Å²) in [6.07, 6.45) is 7.76. The van der Waals surface area contributed by atoms with Crippen molar-refractivity contribution in [3.8, 4) is 11.5 Å². The Morgan fingerprint density at radius 1 is 1.04 bits per heavy atom. The van der Waals surface area contributed by atoms with Crippen molar-refractivity contribution >= 4 is 11.8 Å². The van der Waals surface area contributed by atoms with Crippen molar-refractivity contribution in [1.29, 1.82) is 0 Å². The van der Waals surface area contributed by atoms with Crippen molar-refractivity contribution in [2.24, 2.45) is 0 Å². The molecule has 3 rings (SSSR count). The molecule has 0 aromatic heterocycles. The summed E-state index contributed by atoms with van der Waals surface area (Å²) in [7, 11) is 0. The summed E-state index contributed by atoms with van der Waals surface area (Å²) >= 11 is 0. The lowest BCUT2D eigenvalue weighted by atomic mass is 9.97. The van der Waals surface area contributed by atoms with Gasteiger partial charge in [-0.15, -0.1) is 0 Å². The number of ether oxygens (including phenoxy) is 2. The SMILES string of the molecule is O=C(NCCC1=CCCCC1)C(=O)NCc1ccc2c(c1)OCO2. The highest BCUT2D eigenvalue weighted by Gasteiger charge is 2.15. The number of amides is 2. The molecule has 0 saturated carbocycles. The molecule has 2 N–H and O–H groups in total. The normalized spacial score (nSPS) is 15.6. The summed E-state index contributed by atoms with van der Waals surface area (Å²) in [5, 5.41) is 5.29. The topological polar surface area (TPSA) is 76.7 Å². The fourth-order valence-corrected chi connectivity index (χ4v) is 2.86. The Morgan fingerprint density at radius 2 is 1.88 bits per heavy atom. The first kappa shape index (κ1) is 16.4. The molecule has 1 aliphatic heterocycles. The largest absolute Gasteiger partial charge is 0.454 e. The average molecular weight is 330 g/mol. The number of hydrogen-bond acceptors (Lipinski definition) is 4. The molecule has 0 bridgehead atoms. The summed E-state index contributed by atoms with van der Waals surface area (Å²) in [5.41, 5.74) is 2.23. The number of allylic oxidation sites excluding steroid dienone is 1. The van der Waals surface area contributed by atoms with Gasteiger partial charge in [0, 0.05) is 13.1 Å². The van der Waals surface area contributed by atoms with Gasteiger partial charge in [-0.1, -0.05) is 17.7 Å². The molecule has 0 radical (unpaired) electrons. The number of hydrogen-bond donors (Lipinski definition) is 2. The van der Waals surface area contributed by atoms with Crippen molar-refractivity contribution in [3.63, 3.8) is 0 Å². The minimum Gasteiger partial charge on any atom is -0.454 e. The van der Waals surface area contributed by atoms with Crippen molar-refractivity contribution < 1.29 is 19.1 Å². The second kappa shape index (κ2) is 7.86. The summed E-state index contributed by atoms with van der Waals surface area (Å²) in [4.78, 5) is 23.6. The van der Waals surface area contributed by atoms with E-state index >= 15 is 0 Å². The van der Waals surface area contributed by atoms with Crippen molar-refractivity contribution in [2.45, 2.75) is 38.6 Å². The maximum Gasteiger partial charge on any atom is 0.309 e. The van der Waals surface area contributed by atoms with Gasteiger partial charge in [-0.25, -0.2) is 0 Å². The molecule has 6 heteroatoms. The van der Waals surface area contributed by atoms with Crippen LogP contribution in [0.3, 0.4) is 0 Å². The van der Waals surface area contributed by atoms with Crippen LogP contribution >= 0.6 is 0 Å². The lowest BCUT2D eigenvalue weighted by molar-refractivity contribution is -0.139. The predicted octanol–water partition coefficient (Wildman–Crippen LogP) is 2.04. The van der Waals surface area contributed by atoms with Crippen LogP contribution in [0.15, 0.2) is 29.8 Å². The molecule has 128 valence electrons. The number of carbonyl (C=O) groups excluding carboxylic acids is 2. The maximum atomic E-state index is 11.8. The van der Waals surface area contributed by atoms with E-state index in [1.807, 2.05) is 6.07 Å². The van der Waals surface area contributed by atoms with E-state index < -0.39 is 11.8 Å². The molecule has 0 spiro atoms. The molecular formula is C18H22N2O4. The first-order valence-electron chi connectivity index (χ1n) is 8.35. The van der Waals surface area contributed by atoms with Crippen LogP contribution in [0.4, 0.5) is 0 Å². The van der Waals surface area contributed by atoms with Gasteiger partial charge >= 0.3 is 11.8 Å². The van der Waals surface area contributed by atoms with Crippen LogP contribution in [0.2, 0.25) is 0 Å². The summed E-state index contributed by atoms with van der Waals surface area (Å²) in [6, 6.07) is 5.43. The number of rotatable bonds is 5. The van der Waals surface area contributed by atoms with Gasteiger partial charge in [0.1, 0.15) is 0 Å². The van der Waals surface area contributed by atoms with E-state index in [1.54, 1.807) is 12.1 Å². The number of carbonyl (C=O) groups is 2. The monoisotopic (exact) mass is 330 g/mol. The molecule has 0 fully saturated rings. The third kappa shape index (κ3) is 4.28. The summed E-state index contributed by atoms with van der Waals surface area (Å²) < 4.78 is 10.5. The van der Waals surface area contributed by atoms with E-state index in [0.29, 0.717) is 18.0 Å². The van der Waals surface area contributed by atoms with Crippen LogP contribution < -0.4 is 20.1 Å². The Kier molecular flexibility index (Phi) is 5.36. The second-order valence-electron chi connectivity index (χ2n) is 5.98. The van der Waals surface area contributed by atoms with Crippen LogP contribution in [0.1, 0.15) is 37.7 Å². The van der Waals surface area contributed by atoms with Gasteiger partial charge in [-0.05, 0) is 49.8 Å². The molecular weight excluding hydrogens is 308 g/mol. The van der Waals surface area contributed by atoms with Gasteiger partial charge in [0.2, 0.25) is 6.79 Å². The first-order valence-corrected chi connectivity index (χ1v) is 8.35. The lowest BCUT2D eigenvalue weighted by Crippen LogP contribution is -2.40. The number of nitrogens with one attached hydrogen (secondary N) is 2. The van der Waals surface area contributed by atoms with E-state index in [1.165, 1.54) is 18.4 Å². The van der Waals surface area contributed by atoms with Crippen LogP contribution in [0, 0.1) is 0 Å². The molecule has 2 aliphatic rings. The van der Waals surface area contributed by atoms with Gasteiger partial charge in [-0.2, -0.15) is 0 Å². The van der Waals surface area contributed by atoms with Gasteiger partial charge in [0.15, 0.2) is 11.5 Å². The molecule has 0 saturated heterocycles. The Morgan fingerprint density at radius 3 is 2.71 bits per heavy atom. The fraction of sp³-hybridized carbons (Fsp3) is 0.444. The van der Waals surface area contributed by atoms with Crippen molar-refractivity contribution in [1.82, 2.24) is 10.6 Å². The molecule has 0 unspecified atom stereocenters. The molecule has 6 nitrogen and oxygen atoms in total.